The Hall–Kier alpha value is -1.95. The summed E-state index contributed by atoms with van der Waals surface area (Å²) in [4.78, 5) is 3.51. The van der Waals surface area contributed by atoms with Crippen molar-refractivity contribution in [2.24, 2.45) is 0 Å². The summed E-state index contributed by atoms with van der Waals surface area (Å²) >= 11 is 1.67. The van der Waals surface area contributed by atoms with Gasteiger partial charge in [-0.25, -0.2) is 0 Å². The van der Waals surface area contributed by atoms with E-state index < -0.39 is 0 Å². The van der Waals surface area contributed by atoms with E-state index in [0.717, 1.165) is 36.0 Å². The Kier molecular flexibility index (Phi) is 4.47. The van der Waals surface area contributed by atoms with E-state index >= 15 is 0 Å². The fraction of sp³-hybridized carbons (Fsp3) is 0.316. The van der Waals surface area contributed by atoms with Crippen LogP contribution in [0.15, 0.2) is 58.4 Å². The van der Waals surface area contributed by atoms with Gasteiger partial charge in [0.25, 0.3) is 0 Å². The van der Waals surface area contributed by atoms with Crippen LogP contribution in [0, 0.1) is 0 Å². The lowest BCUT2D eigenvalue weighted by Gasteiger charge is -2.36. The van der Waals surface area contributed by atoms with Gasteiger partial charge in [0.15, 0.2) is 5.76 Å². The van der Waals surface area contributed by atoms with Crippen LogP contribution in [0.5, 0.6) is 0 Å². The first-order valence-corrected chi connectivity index (χ1v) is 9.08. The monoisotopic (exact) mass is 340 g/mol. The molecule has 0 amide bonds. The molecule has 4 rings (SSSR count). The third-order valence-corrected chi connectivity index (χ3v) is 5.10. The molecule has 0 N–H and O–H groups in total. The van der Waals surface area contributed by atoms with Crippen LogP contribution in [0.4, 0.5) is 0 Å². The summed E-state index contributed by atoms with van der Waals surface area (Å²) in [6.45, 7) is 4.69. The number of thiophene rings is 1. The van der Waals surface area contributed by atoms with Crippen molar-refractivity contribution in [2.75, 3.05) is 13.1 Å². The molecule has 0 aliphatic carbocycles. The van der Waals surface area contributed by atoms with Crippen molar-refractivity contribution in [3.63, 3.8) is 0 Å². The van der Waals surface area contributed by atoms with Crippen LogP contribution >= 0.6 is 11.3 Å². The van der Waals surface area contributed by atoms with Crippen LogP contribution in [-0.2, 0) is 11.3 Å². The van der Waals surface area contributed by atoms with E-state index in [1.807, 2.05) is 23.6 Å². The van der Waals surface area contributed by atoms with E-state index in [-0.39, 0.29) is 12.2 Å². The molecule has 0 spiro atoms. The van der Waals surface area contributed by atoms with E-state index in [1.165, 1.54) is 5.56 Å². The molecule has 4 nitrogen and oxygen atoms in total. The Labute approximate surface area is 145 Å². The average Bonchev–Trinajstić information content (AvgIpc) is 3.26. The molecule has 24 heavy (non-hydrogen) atoms. The Balaban J connectivity index is 1.46. The van der Waals surface area contributed by atoms with Crippen molar-refractivity contribution in [3.05, 3.63) is 65.2 Å². The maximum absolute atomic E-state index is 6.12. The number of hydrogen-bond donors (Lipinski definition) is 0. The number of hydrogen-bond acceptors (Lipinski definition) is 5. The van der Waals surface area contributed by atoms with Gasteiger partial charge in [0.1, 0.15) is 0 Å². The first kappa shape index (κ1) is 15.6. The molecule has 1 fully saturated rings. The third-order valence-electron chi connectivity index (χ3n) is 4.22. The van der Waals surface area contributed by atoms with Gasteiger partial charge in [-0.05, 0) is 23.9 Å². The molecule has 5 heteroatoms. The topological polar surface area (TPSA) is 38.5 Å². The minimum atomic E-state index is 0.110. The summed E-state index contributed by atoms with van der Waals surface area (Å²) in [5.41, 5.74) is 2.20. The Morgan fingerprint density at radius 1 is 1.17 bits per heavy atom. The zero-order valence-electron chi connectivity index (χ0n) is 13.6. The first-order valence-electron chi connectivity index (χ1n) is 8.20. The smallest absolute Gasteiger partial charge is 0.177 e. The van der Waals surface area contributed by atoms with Crippen LogP contribution in [-0.4, -0.2) is 29.3 Å². The van der Waals surface area contributed by atoms with Gasteiger partial charge in [0.2, 0.25) is 0 Å². The van der Waals surface area contributed by atoms with E-state index in [2.05, 4.69) is 47.3 Å². The zero-order chi connectivity index (χ0) is 16.4. The predicted octanol–water partition coefficient (Wildman–Crippen LogP) is 4.37. The van der Waals surface area contributed by atoms with E-state index in [0.29, 0.717) is 0 Å². The standard InChI is InChI=1S/C19H20N2O2S/c1-14-11-21(13-18(22-14)15-6-3-2-4-7-15)12-16-10-17(23-20-16)19-8-5-9-24-19/h2-10,14,18H,11-13H2,1H3/t14-,18+/m1/s1. The number of benzene rings is 1. The summed E-state index contributed by atoms with van der Waals surface area (Å²) in [6, 6.07) is 16.5. The van der Waals surface area contributed by atoms with Gasteiger partial charge in [-0.15, -0.1) is 11.3 Å². The molecule has 3 heterocycles. The van der Waals surface area contributed by atoms with Crippen LogP contribution in [0.25, 0.3) is 10.6 Å². The van der Waals surface area contributed by atoms with E-state index in [1.54, 1.807) is 11.3 Å². The summed E-state index contributed by atoms with van der Waals surface area (Å²) < 4.78 is 11.6. The molecule has 0 radical (unpaired) electrons. The number of aromatic nitrogens is 1. The summed E-state index contributed by atoms with van der Waals surface area (Å²) in [6.07, 6.45) is 0.311. The van der Waals surface area contributed by atoms with E-state index in [9.17, 15) is 0 Å². The molecule has 1 aliphatic heterocycles. The van der Waals surface area contributed by atoms with Gasteiger partial charge in [0.05, 0.1) is 22.8 Å². The summed E-state index contributed by atoms with van der Waals surface area (Å²) in [7, 11) is 0. The average molecular weight is 340 g/mol. The minimum absolute atomic E-state index is 0.110. The number of morpholine rings is 1. The normalized spacial score (nSPS) is 21.9. The molecule has 0 unspecified atom stereocenters. The minimum Gasteiger partial charge on any atom is -0.368 e. The first-order chi connectivity index (χ1) is 11.8. The number of rotatable bonds is 4. The van der Waals surface area contributed by atoms with Crippen molar-refractivity contribution in [3.8, 4) is 10.6 Å². The quantitative estimate of drug-likeness (QED) is 0.707. The SMILES string of the molecule is C[C@@H]1CN(Cc2cc(-c3cccs3)on2)C[C@@H](c2ccccc2)O1. The van der Waals surface area contributed by atoms with Gasteiger partial charge in [-0.3, -0.25) is 4.90 Å². The second-order valence-electron chi connectivity index (χ2n) is 6.20. The molecule has 1 aromatic carbocycles. The van der Waals surface area contributed by atoms with Crippen molar-refractivity contribution < 1.29 is 9.26 Å². The van der Waals surface area contributed by atoms with Gasteiger partial charge < -0.3 is 9.26 Å². The molecule has 2 atom stereocenters. The fourth-order valence-corrected chi connectivity index (χ4v) is 3.84. The highest BCUT2D eigenvalue weighted by atomic mass is 32.1. The van der Waals surface area contributed by atoms with E-state index in [4.69, 9.17) is 9.26 Å². The molecule has 2 aromatic heterocycles. The summed E-state index contributed by atoms with van der Waals surface area (Å²) in [5.74, 6) is 0.848. The van der Waals surface area contributed by atoms with Gasteiger partial charge >= 0.3 is 0 Å². The Bertz CT molecular complexity index is 770. The van der Waals surface area contributed by atoms with Crippen LogP contribution < -0.4 is 0 Å². The van der Waals surface area contributed by atoms with Gasteiger partial charge in [-0.1, -0.05) is 41.6 Å². The molecule has 1 aliphatic rings. The van der Waals surface area contributed by atoms with Gasteiger partial charge in [0, 0.05) is 25.7 Å². The lowest BCUT2D eigenvalue weighted by atomic mass is 10.1. The maximum atomic E-state index is 6.12. The Morgan fingerprint density at radius 3 is 2.83 bits per heavy atom. The summed E-state index contributed by atoms with van der Waals surface area (Å²) in [5, 5.41) is 6.29. The van der Waals surface area contributed by atoms with Crippen LogP contribution in [0.2, 0.25) is 0 Å². The van der Waals surface area contributed by atoms with Crippen molar-refractivity contribution in [1.29, 1.82) is 0 Å². The fourth-order valence-electron chi connectivity index (χ4n) is 3.17. The van der Waals surface area contributed by atoms with Crippen LogP contribution in [0.1, 0.15) is 24.3 Å². The molecule has 124 valence electrons. The molecule has 1 saturated heterocycles. The Morgan fingerprint density at radius 2 is 2.04 bits per heavy atom. The molecular weight excluding hydrogens is 320 g/mol. The molecule has 0 bridgehead atoms. The van der Waals surface area contributed by atoms with Crippen molar-refractivity contribution in [2.45, 2.75) is 25.7 Å². The second kappa shape index (κ2) is 6.89. The number of ether oxygens (including phenoxy) is 1. The molecule has 3 aromatic rings. The third kappa shape index (κ3) is 3.43. The van der Waals surface area contributed by atoms with Crippen molar-refractivity contribution >= 4 is 11.3 Å². The second-order valence-corrected chi connectivity index (χ2v) is 7.15. The highest BCUT2D eigenvalue weighted by Gasteiger charge is 2.27. The van der Waals surface area contributed by atoms with Crippen LogP contribution in [0.3, 0.4) is 0 Å². The molecule has 0 saturated carbocycles. The maximum Gasteiger partial charge on any atom is 0.177 e. The molecular formula is C19H20N2O2S. The lowest BCUT2D eigenvalue weighted by Crippen LogP contribution is -2.42. The largest absolute Gasteiger partial charge is 0.368 e. The van der Waals surface area contributed by atoms with Gasteiger partial charge in [-0.2, -0.15) is 0 Å². The number of nitrogens with zero attached hydrogens (tertiary/aromatic N) is 2. The highest BCUT2D eigenvalue weighted by molar-refractivity contribution is 7.13. The highest BCUT2D eigenvalue weighted by Crippen LogP contribution is 2.28. The zero-order valence-corrected chi connectivity index (χ0v) is 14.4. The lowest BCUT2D eigenvalue weighted by molar-refractivity contribution is -0.0818. The predicted molar refractivity (Wildman–Crippen MR) is 94.8 cm³/mol. The van der Waals surface area contributed by atoms with Crippen molar-refractivity contribution in [1.82, 2.24) is 10.1 Å².